The van der Waals surface area contributed by atoms with Crippen LogP contribution in [-0.2, 0) is 27.7 Å². The summed E-state index contributed by atoms with van der Waals surface area (Å²) in [6, 6.07) is 13.0. The number of carbonyl (C=O) groups excluding carboxylic acids is 1. The molecule has 10 heteroatoms. The summed E-state index contributed by atoms with van der Waals surface area (Å²) in [6.45, 7) is 2.40. The van der Waals surface area contributed by atoms with Crippen molar-refractivity contribution in [2.24, 2.45) is 0 Å². The highest BCUT2D eigenvalue weighted by molar-refractivity contribution is 7.90. The molecule has 0 spiro atoms. The lowest BCUT2D eigenvalue weighted by Gasteiger charge is -2.19. The quantitative estimate of drug-likeness (QED) is 0.436. The highest BCUT2D eigenvalue weighted by Crippen LogP contribution is 2.17. The standard InChI is InChI=1S/C23H27N3O6S/c1-4-25-22(28)19-11-5-6-12-20(19)26(23(25)29)16-21(27)24(2)13-8-14-32-17-9-7-10-18(15-17)33(3,30)31/h5-7,9-12,15H,4,8,13-14,16H2,1-3H3. The lowest BCUT2D eigenvalue weighted by Crippen LogP contribution is -2.42. The Kier molecular flexibility index (Phi) is 7.37. The van der Waals surface area contributed by atoms with Crippen LogP contribution in [0.3, 0.4) is 0 Å². The van der Waals surface area contributed by atoms with Crippen LogP contribution in [-0.4, -0.2) is 54.8 Å². The molecule has 9 nitrogen and oxygen atoms in total. The van der Waals surface area contributed by atoms with Crippen molar-refractivity contribution in [1.82, 2.24) is 14.0 Å². The van der Waals surface area contributed by atoms with Crippen LogP contribution in [0.5, 0.6) is 5.75 Å². The van der Waals surface area contributed by atoms with E-state index in [1.165, 1.54) is 21.6 Å². The van der Waals surface area contributed by atoms with Gasteiger partial charge in [0.15, 0.2) is 9.84 Å². The number of aromatic nitrogens is 2. The first kappa shape index (κ1) is 24.2. The van der Waals surface area contributed by atoms with Gasteiger partial charge in [-0.2, -0.15) is 0 Å². The third-order valence-corrected chi connectivity index (χ3v) is 6.42. The van der Waals surface area contributed by atoms with E-state index in [2.05, 4.69) is 0 Å². The summed E-state index contributed by atoms with van der Waals surface area (Å²) in [6.07, 6.45) is 1.64. The molecular weight excluding hydrogens is 446 g/mol. The first-order chi connectivity index (χ1) is 15.6. The summed E-state index contributed by atoms with van der Waals surface area (Å²) in [4.78, 5) is 39.8. The van der Waals surface area contributed by atoms with Crippen LogP contribution in [0.4, 0.5) is 0 Å². The molecule has 0 N–H and O–H groups in total. The van der Waals surface area contributed by atoms with E-state index < -0.39 is 15.5 Å². The van der Waals surface area contributed by atoms with E-state index in [-0.39, 0.29) is 36.1 Å². The van der Waals surface area contributed by atoms with E-state index in [1.54, 1.807) is 50.4 Å². The second-order valence-electron chi connectivity index (χ2n) is 7.70. The van der Waals surface area contributed by atoms with Crippen LogP contribution in [0.15, 0.2) is 63.0 Å². The Morgan fingerprint density at radius 1 is 1.06 bits per heavy atom. The fourth-order valence-electron chi connectivity index (χ4n) is 3.47. The van der Waals surface area contributed by atoms with Gasteiger partial charge in [-0.3, -0.25) is 18.7 Å². The largest absolute Gasteiger partial charge is 0.493 e. The maximum absolute atomic E-state index is 12.8. The van der Waals surface area contributed by atoms with E-state index in [4.69, 9.17) is 4.74 Å². The number of rotatable bonds is 9. The zero-order valence-electron chi connectivity index (χ0n) is 18.9. The smallest absolute Gasteiger partial charge is 0.331 e. The van der Waals surface area contributed by atoms with Gasteiger partial charge in [0.25, 0.3) is 5.56 Å². The maximum Gasteiger partial charge on any atom is 0.331 e. The molecule has 1 heterocycles. The summed E-state index contributed by atoms with van der Waals surface area (Å²) < 4.78 is 31.4. The number of sulfone groups is 1. The Labute approximate surface area is 191 Å². The molecule has 0 bridgehead atoms. The minimum atomic E-state index is -3.32. The predicted octanol–water partition coefficient (Wildman–Crippen LogP) is 1.51. The Morgan fingerprint density at radius 3 is 2.48 bits per heavy atom. The molecule has 1 amide bonds. The second kappa shape index (κ2) is 10.0. The minimum absolute atomic E-state index is 0.179. The summed E-state index contributed by atoms with van der Waals surface area (Å²) in [5, 5.41) is 0.388. The Bertz CT molecular complexity index is 1390. The number of hydrogen-bond acceptors (Lipinski definition) is 6. The molecule has 0 unspecified atom stereocenters. The lowest BCUT2D eigenvalue weighted by molar-refractivity contribution is -0.130. The van der Waals surface area contributed by atoms with Crippen LogP contribution < -0.4 is 16.0 Å². The van der Waals surface area contributed by atoms with Gasteiger partial charge in [-0.05, 0) is 43.7 Å². The Morgan fingerprint density at radius 2 is 1.79 bits per heavy atom. The predicted molar refractivity (Wildman–Crippen MR) is 125 cm³/mol. The molecule has 0 aliphatic heterocycles. The van der Waals surface area contributed by atoms with Crippen LogP contribution in [0.2, 0.25) is 0 Å². The topological polar surface area (TPSA) is 108 Å². The number of para-hydroxylation sites is 1. The van der Waals surface area contributed by atoms with Gasteiger partial charge in [-0.25, -0.2) is 13.2 Å². The van der Waals surface area contributed by atoms with Crippen molar-refractivity contribution in [3.63, 3.8) is 0 Å². The molecule has 0 saturated carbocycles. The van der Waals surface area contributed by atoms with Gasteiger partial charge in [-0.1, -0.05) is 18.2 Å². The Balaban J connectivity index is 1.65. The number of likely N-dealkylation sites (N-methyl/N-ethyl adjacent to an activating group) is 1. The number of nitrogens with zero attached hydrogens (tertiary/aromatic N) is 3. The van der Waals surface area contributed by atoms with Crippen molar-refractivity contribution >= 4 is 26.6 Å². The van der Waals surface area contributed by atoms with E-state index in [9.17, 15) is 22.8 Å². The molecule has 3 aromatic rings. The average Bonchev–Trinajstić information content (AvgIpc) is 2.79. The minimum Gasteiger partial charge on any atom is -0.493 e. The van der Waals surface area contributed by atoms with Crippen molar-refractivity contribution in [1.29, 1.82) is 0 Å². The van der Waals surface area contributed by atoms with Crippen LogP contribution in [0.25, 0.3) is 10.9 Å². The number of benzene rings is 2. The molecule has 176 valence electrons. The van der Waals surface area contributed by atoms with E-state index in [0.717, 1.165) is 10.8 Å². The van der Waals surface area contributed by atoms with Gasteiger partial charge in [0, 0.05) is 26.4 Å². The maximum atomic E-state index is 12.8. The summed E-state index contributed by atoms with van der Waals surface area (Å²) in [5.41, 5.74) is -0.461. The molecule has 3 rings (SSSR count). The van der Waals surface area contributed by atoms with Crippen LogP contribution in [0.1, 0.15) is 13.3 Å². The van der Waals surface area contributed by atoms with Gasteiger partial charge in [0.2, 0.25) is 5.91 Å². The fraction of sp³-hybridized carbons (Fsp3) is 0.348. The molecule has 33 heavy (non-hydrogen) atoms. The van der Waals surface area contributed by atoms with Crippen molar-refractivity contribution < 1.29 is 17.9 Å². The van der Waals surface area contributed by atoms with Crippen LogP contribution in [0, 0.1) is 0 Å². The molecule has 2 aromatic carbocycles. The third kappa shape index (κ3) is 5.51. The first-order valence-electron chi connectivity index (χ1n) is 10.5. The van der Waals surface area contributed by atoms with E-state index in [0.29, 0.717) is 29.6 Å². The van der Waals surface area contributed by atoms with Crippen molar-refractivity contribution in [3.8, 4) is 5.75 Å². The second-order valence-corrected chi connectivity index (χ2v) is 9.72. The first-order valence-corrected chi connectivity index (χ1v) is 12.4. The van der Waals surface area contributed by atoms with Gasteiger partial charge in [0.1, 0.15) is 12.3 Å². The summed E-state index contributed by atoms with van der Waals surface area (Å²) in [5.74, 6) is 0.161. The van der Waals surface area contributed by atoms with Crippen LogP contribution >= 0.6 is 0 Å². The lowest BCUT2D eigenvalue weighted by atomic mass is 10.2. The summed E-state index contributed by atoms with van der Waals surface area (Å²) in [7, 11) is -1.68. The highest BCUT2D eigenvalue weighted by atomic mass is 32.2. The Hall–Kier alpha value is -3.40. The van der Waals surface area contributed by atoms with E-state index >= 15 is 0 Å². The molecule has 1 aromatic heterocycles. The monoisotopic (exact) mass is 473 g/mol. The normalized spacial score (nSPS) is 11.5. The van der Waals surface area contributed by atoms with Crippen molar-refractivity contribution in [2.75, 3.05) is 26.5 Å². The average molecular weight is 474 g/mol. The van der Waals surface area contributed by atoms with Gasteiger partial charge >= 0.3 is 5.69 Å². The number of hydrogen-bond donors (Lipinski definition) is 0. The molecule has 0 atom stereocenters. The molecule has 0 fully saturated rings. The number of carbonyl (C=O) groups is 1. The molecule has 0 aliphatic carbocycles. The zero-order chi connectivity index (χ0) is 24.2. The van der Waals surface area contributed by atoms with Gasteiger partial charge < -0.3 is 9.64 Å². The zero-order valence-corrected chi connectivity index (χ0v) is 19.7. The van der Waals surface area contributed by atoms with E-state index in [1.807, 2.05) is 0 Å². The number of fused-ring (bicyclic) bond motifs is 1. The van der Waals surface area contributed by atoms with Gasteiger partial charge in [-0.15, -0.1) is 0 Å². The molecule has 0 aliphatic rings. The molecule has 0 saturated heterocycles. The highest BCUT2D eigenvalue weighted by Gasteiger charge is 2.16. The van der Waals surface area contributed by atoms with Crippen molar-refractivity contribution in [2.45, 2.75) is 31.3 Å². The molecule has 0 radical (unpaired) electrons. The van der Waals surface area contributed by atoms with Gasteiger partial charge in [0.05, 0.1) is 22.4 Å². The number of amides is 1. The fourth-order valence-corrected chi connectivity index (χ4v) is 4.13. The third-order valence-electron chi connectivity index (χ3n) is 5.31. The molecular formula is C23H27N3O6S. The summed E-state index contributed by atoms with van der Waals surface area (Å²) >= 11 is 0. The van der Waals surface area contributed by atoms with Crippen molar-refractivity contribution in [3.05, 3.63) is 69.4 Å². The SMILES string of the molecule is CCn1c(=O)c2ccccc2n(CC(=O)N(C)CCCOc2cccc(S(C)(=O)=O)c2)c1=O. The number of ether oxygens (including phenoxy) is 1.